The van der Waals surface area contributed by atoms with E-state index in [1.165, 1.54) is 11.9 Å². The number of urea groups is 1. The van der Waals surface area contributed by atoms with Crippen molar-refractivity contribution in [1.82, 2.24) is 9.80 Å². The molecule has 0 aromatic rings. The molecule has 18 heavy (non-hydrogen) atoms. The number of aliphatic hydroxyl groups excluding tert-OH is 1. The highest BCUT2D eigenvalue weighted by atomic mass is 16.4. The van der Waals surface area contributed by atoms with Crippen molar-refractivity contribution in [2.24, 2.45) is 0 Å². The summed E-state index contributed by atoms with van der Waals surface area (Å²) in [5, 5.41) is 28.1. The van der Waals surface area contributed by atoms with Crippen LogP contribution in [0.15, 0.2) is 0 Å². The van der Waals surface area contributed by atoms with E-state index in [1.54, 1.807) is 13.8 Å². The summed E-state index contributed by atoms with van der Waals surface area (Å²) in [6, 6.07) is -1.50. The lowest BCUT2D eigenvalue weighted by molar-refractivity contribution is -0.141. The fourth-order valence-corrected chi connectivity index (χ4v) is 2.13. The number of amides is 2. The summed E-state index contributed by atoms with van der Waals surface area (Å²) in [6.45, 7) is 3.21. The minimum Gasteiger partial charge on any atom is -0.480 e. The molecule has 1 aliphatic heterocycles. The summed E-state index contributed by atoms with van der Waals surface area (Å²) in [5.74, 6) is -1.13. The highest BCUT2D eigenvalue weighted by Crippen LogP contribution is 2.20. The number of nitrogens with zero attached hydrogens (tertiary/aromatic N) is 2. The second kappa shape index (κ2) is 5.11. The Morgan fingerprint density at radius 1 is 1.44 bits per heavy atom. The van der Waals surface area contributed by atoms with Crippen molar-refractivity contribution in [3.63, 3.8) is 0 Å². The third-order valence-corrected chi connectivity index (χ3v) is 2.76. The molecule has 0 bridgehead atoms. The van der Waals surface area contributed by atoms with Gasteiger partial charge in [-0.2, -0.15) is 0 Å². The summed E-state index contributed by atoms with van der Waals surface area (Å²) in [7, 11) is 1.49. The molecule has 2 atom stereocenters. The van der Waals surface area contributed by atoms with E-state index in [-0.39, 0.29) is 19.5 Å². The number of carboxylic acid groups (broad SMARTS) is 1. The van der Waals surface area contributed by atoms with Gasteiger partial charge in [0.15, 0.2) is 0 Å². The lowest BCUT2D eigenvalue weighted by atomic mass is 10.1. The molecule has 1 heterocycles. The van der Waals surface area contributed by atoms with Gasteiger partial charge < -0.3 is 25.1 Å². The van der Waals surface area contributed by atoms with E-state index < -0.39 is 29.7 Å². The SMILES string of the molecule is CN(CC(C)(C)O)C(=O)N1C[C@@H](O)C[C@H]1C(=O)O. The smallest absolute Gasteiger partial charge is 0.326 e. The number of aliphatic hydroxyl groups is 2. The van der Waals surface area contributed by atoms with Crippen LogP contribution in [0.2, 0.25) is 0 Å². The maximum Gasteiger partial charge on any atom is 0.326 e. The maximum atomic E-state index is 12.0. The lowest BCUT2D eigenvalue weighted by Crippen LogP contribution is -2.50. The average Bonchev–Trinajstić information content (AvgIpc) is 2.56. The molecule has 104 valence electrons. The molecule has 0 aromatic carbocycles. The van der Waals surface area contributed by atoms with Gasteiger partial charge >= 0.3 is 12.0 Å². The van der Waals surface area contributed by atoms with Gasteiger partial charge in [-0.3, -0.25) is 0 Å². The molecule has 3 N–H and O–H groups in total. The van der Waals surface area contributed by atoms with Crippen LogP contribution >= 0.6 is 0 Å². The van der Waals surface area contributed by atoms with Crippen molar-refractivity contribution in [1.29, 1.82) is 0 Å². The molecule has 0 unspecified atom stereocenters. The van der Waals surface area contributed by atoms with Crippen LogP contribution in [-0.2, 0) is 4.79 Å². The molecule has 1 rings (SSSR count). The number of carbonyl (C=O) groups excluding carboxylic acids is 1. The second-order valence-corrected chi connectivity index (χ2v) is 5.35. The molecule has 0 radical (unpaired) electrons. The van der Waals surface area contributed by atoms with E-state index in [0.717, 1.165) is 4.90 Å². The number of rotatable bonds is 3. The summed E-state index contributed by atoms with van der Waals surface area (Å²) in [6.07, 6.45) is -0.775. The van der Waals surface area contributed by atoms with Crippen LogP contribution < -0.4 is 0 Å². The van der Waals surface area contributed by atoms with E-state index in [1.807, 2.05) is 0 Å². The monoisotopic (exact) mass is 260 g/mol. The molecular formula is C11H20N2O5. The number of carbonyl (C=O) groups is 2. The van der Waals surface area contributed by atoms with Gasteiger partial charge in [0.25, 0.3) is 0 Å². The van der Waals surface area contributed by atoms with Gasteiger partial charge in [-0.25, -0.2) is 9.59 Å². The second-order valence-electron chi connectivity index (χ2n) is 5.35. The highest BCUT2D eigenvalue weighted by molar-refractivity contribution is 5.83. The van der Waals surface area contributed by atoms with Crippen LogP contribution in [0.1, 0.15) is 20.3 Å². The first-order chi connectivity index (χ1) is 8.11. The van der Waals surface area contributed by atoms with E-state index in [0.29, 0.717) is 0 Å². The first kappa shape index (κ1) is 14.7. The van der Waals surface area contributed by atoms with Gasteiger partial charge in [0.2, 0.25) is 0 Å². The largest absolute Gasteiger partial charge is 0.480 e. The number of aliphatic carboxylic acids is 1. The molecule has 0 aromatic heterocycles. The number of likely N-dealkylation sites (N-methyl/N-ethyl adjacent to an activating group) is 1. The molecule has 1 saturated heterocycles. The van der Waals surface area contributed by atoms with Gasteiger partial charge in [-0.1, -0.05) is 0 Å². The van der Waals surface area contributed by atoms with Crippen molar-refractivity contribution in [3.8, 4) is 0 Å². The first-order valence-corrected chi connectivity index (χ1v) is 5.77. The van der Waals surface area contributed by atoms with Gasteiger partial charge in [-0.15, -0.1) is 0 Å². The lowest BCUT2D eigenvalue weighted by Gasteiger charge is -2.31. The Bertz CT molecular complexity index is 339. The third-order valence-electron chi connectivity index (χ3n) is 2.76. The summed E-state index contributed by atoms with van der Waals surface area (Å²) in [5.41, 5.74) is -1.05. The van der Waals surface area contributed by atoms with Gasteiger partial charge in [0, 0.05) is 20.0 Å². The maximum absolute atomic E-state index is 12.0. The number of β-amino-alcohol motifs (C(OH)–C–C–N with tert-alkyl or cyclic N) is 1. The molecule has 0 aliphatic carbocycles. The Morgan fingerprint density at radius 2 is 2.00 bits per heavy atom. The van der Waals surface area contributed by atoms with E-state index in [9.17, 15) is 19.8 Å². The van der Waals surface area contributed by atoms with Crippen LogP contribution in [-0.4, -0.2) is 75.0 Å². The fourth-order valence-electron chi connectivity index (χ4n) is 2.13. The highest BCUT2D eigenvalue weighted by Gasteiger charge is 2.40. The van der Waals surface area contributed by atoms with Crippen LogP contribution in [0.5, 0.6) is 0 Å². The van der Waals surface area contributed by atoms with E-state index in [2.05, 4.69) is 0 Å². The van der Waals surface area contributed by atoms with Crippen LogP contribution in [0, 0.1) is 0 Å². The zero-order valence-corrected chi connectivity index (χ0v) is 10.8. The molecule has 0 saturated carbocycles. The molecule has 2 amide bonds. The Kier molecular flexibility index (Phi) is 4.18. The van der Waals surface area contributed by atoms with Crippen molar-refractivity contribution in [2.75, 3.05) is 20.1 Å². The van der Waals surface area contributed by atoms with E-state index in [4.69, 9.17) is 5.11 Å². The Morgan fingerprint density at radius 3 is 2.44 bits per heavy atom. The molecule has 7 nitrogen and oxygen atoms in total. The average molecular weight is 260 g/mol. The molecule has 1 aliphatic rings. The molecule has 0 spiro atoms. The number of hydrogen-bond donors (Lipinski definition) is 3. The van der Waals surface area contributed by atoms with Crippen LogP contribution in [0.25, 0.3) is 0 Å². The van der Waals surface area contributed by atoms with E-state index >= 15 is 0 Å². The predicted octanol–water partition coefficient (Wildman–Crippen LogP) is -0.671. The fraction of sp³-hybridized carbons (Fsp3) is 0.818. The first-order valence-electron chi connectivity index (χ1n) is 5.77. The Labute approximate surface area is 106 Å². The van der Waals surface area contributed by atoms with Gasteiger partial charge in [0.1, 0.15) is 6.04 Å². The normalized spacial score (nSPS) is 24.2. The molecule has 1 fully saturated rings. The zero-order valence-electron chi connectivity index (χ0n) is 10.8. The summed E-state index contributed by atoms with van der Waals surface area (Å²) >= 11 is 0. The van der Waals surface area contributed by atoms with Crippen molar-refractivity contribution < 1.29 is 24.9 Å². The van der Waals surface area contributed by atoms with Gasteiger partial charge in [-0.05, 0) is 13.8 Å². The number of likely N-dealkylation sites (tertiary alicyclic amines) is 1. The Hall–Kier alpha value is -1.34. The van der Waals surface area contributed by atoms with Crippen molar-refractivity contribution in [2.45, 2.75) is 38.0 Å². The van der Waals surface area contributed by atoms with Crippen molar-refractivity contribution >= 4 is 12.0 Å². The third kappa shape index (κ3) is 3.58. The van der Waals surface area contributed by atoms with Crippen molar-refractivity contribution in [3.05, 3.63) is 0 Å². The van der Waals surface area contributed by atoms with Gasteiger partial charge in [0.05, 0.1) is 18.2 Å². The Balaban J connectivity index is 2.73. The minimum atomic E-state index is -1.13. The number of hydrogen-bond acceptors (Lipinski definition) is 4. The summed E-state index contributed by atoms with van der Waals surface area (Å²) in [4.78, 5) is 25.4. The van der Waals surface area contributed by atoms with Crippen LogP contribution in [0.4, 0.5) is 4.79 Å². The summed E-state index contributed by atoms with van der Waals surface area (Å²) < 4.78 is 0. The topological polar surface area (TPSA) is 101 Å². The quantitative estimate of drug-likeness (QED) is 0.624. The zero-order chi connectivity index (χ0) is 14.1. The molecule has 7 heteroatoms. The van der Waals surface area contributed by atoms with Crippen LogP contribution in [0.3, 0.4) is 0 Å². The number of carboxylic acids is 1. The minimum absolute atomic E-state index is 0.00595. The predicted molar refractivity (Wildman–Crippen MR) is 63.1 cm³/mol. The molecular weight excluding hydrogens is 240 g/mol. The standard InChI is InChI=1S/C11H20N2O5/c1-11(2,18)6-12(3)10(17)13-5-7(14)4-8(13)9(15)16/h7-8,14,18H,4-6H2,1-3H3,(H,15,16)/t7-,8-/m0/s1.